The molecule has 0 aliphatic carbocycles. The highest BCUT2D eigenvalue weighted by Crippen LogP contribution is 2.22. The second kappa shape index (κ2) is 10.4. The Morgan fingerprint density at radius 3 is 2.68 bits per heavy atom. The monoisotopic (exact) mass is 387 g/mol. The third-order valence-electron chi connectivity index (χ3n) is 4.55. The molecule has 1 heterocycles. The van der Waals surface area contributed by atoms with Crippen molar-refractivity contribution >= 4 is 22.6 Å². The number of amides is 1. The fraction of sp³-hybridized carbons (Fsp3) is 0.524. The molecule has 0 bridgehead atoms. The Kier molecular flexibility index (Phi) is 8.17. The molecule has 0 aliphatic rings. The average molecular weight is 388 g/mol. The Morgan fingerprint density at radius 1 is 1.29 bits per heavy atom. The van der Waals surface area contributed by atoms with Gasteiger partial charge in [0.1, 0.15) is 5.82 Å². The van der Waals surface area contributed by atoms with E-state index in [1.165, 1.54) is 0 Å². The van der Waals surface area contributed by atoms with E-state index in [0.29, 0.717) is 24.5 Å². The van der Waals surface area contributed by atoms with Crippen LogP contribution in [0.3, 0.4) is 0 Å². The number of anilines is 1. The van der Waals surface area contributed by atoms with E-state index in [0.717, 1.165) is 29.3 Å². The number of pyridine rings is 1. The molecule has 0 aliphatic heterocycles. The van der Waals surface area contributed by atoms with E-state index in [9.17, 15) is 9.90 Å². The van der Waals surface area contributed by atoms with Gasteiger partial charge in [-0.1, -0.05) is 18.6 Å². The van der Waals surface area contributed by atoms with E-state index in [4.69, 9.17) is 5.73 Å². The molecule has 2 unspecified atom stereocenters. The van der Waals surface area contributed by atoms with E-state index >= 15 is 0 Å². The first-order valence-electron chi connectivity index (χ1n) is 9.93. The van der Waals surface area contributed by atoms with Crippen molar-refractivity contribution in [2.45, 2.75) is 58.8 Å². The summed E-state index contributed by atoms with van der Waals surface area (Å²) in [5, 5.41) is 19.8. The molecule has 28 heavy (non-hydrogen) atoms. The molecule has 0 saturated carbocycles. The van der Waals surface area contributed by atoms with Gasteiger partial charge < -0.3 is 26.8 Å². The Labute approximate surface area is 167 Å². The SMILES string of the molecule is CCC(CCNc1nc2ccc(C)cc2cc1C(=O)NC(C)N)NC[C@@H](C)O. The molecule has 7 heteroatoms. The van der Waals surface area contributed by atoms with Gasteiger partial charge in [0.25, 0.3) is 5.91 Å². The highest BCUT2D eigenvalue weighted by molar-refractivity contribution is 6.02. The summed E-state index contributed by atoms with van der Waals surface area (Å²) in [6.07, 6.45) is 0.992. The van der Waals surface area contributed by atoms with Crippen molar-refractivity contribution in [1.29, 1.82) is 0 Å². The topological polar surface area (TPSA) is 112 Å². The Morgan fingerprint density at radius 2 is 2.04 bits per heavy atom. The van der Waals surface area contributed by atoms with Crippen LogP contribution in [0.2, 0.25) is 0 Å². The summed E-state index contributed by atoms with van der Waals surface area (Å²) < 4.78 is 0. The number of aryl methyl sites for hydroxylation is 1. The summed E-state index contributed by atoms with van der Waals surface area (Å²) in [5.41, 5.74) is 8.17. The van der Waals surface area contributed by atoms with Gasteiger partial charge >= 0.3 is 0 Å². The number of nitrogens with two attached hydrogens (primary N) is 1. The zero-order valence-corrected chi connectivity index (χ0v) is 17.2. The first-order chi connectivity index (χ1) is 13.3. The van der Waals surface area contributed by atoms with Crippen molar-refractivity contribution in [3.8, 4) is 0 Å². The standard InChI is InChI=1S/C21H33N5O2/c1-5-17(24-12-14(3)27)8-9-23-20-18(21(28)25-15(4)22)11-16-10-13(2)6-7-19(16)26-20/h6-7,10-11,14-15,17,24,27H,5,8-9,12,22H2,1-4H3,(H,23,26)(H,25,28)/t14-,15?,17?/m1/s1. The van der Waals surface area contributed by atoms with Gasteiger partial charge in [-0.2, -0.15) is 0 Å². The summed E-state index contributed by atoms with van der Waals surface area (Å²) in [6.45, 7) is 8.84. The normalized spacial score (nSPS) is 14.5. The number of rotatable bonds is 10. The lowest BCUT2D eigenvalue weighted by atomic mass is 10.1. The summed E-state index contributed by atoms with van der Waals surface area (Å²) in [6, 6.07) is 8.13. The molecule has 2 aromatic rings. The zero-order valence-electron chi connectivity index (χ0n) is 17.2. The molecular formula is C21H33N5O2. The number of aromatic nitrogens is 1. The van der Waals surface area contributed by atoms with Crippen LogP contribution in [0.15, 0.2) is 24.3 Å². The van der Waals surface area contributed by atoms with Crippen molar-refractivity contribution in [2.24, 2.45) is 5.73 Å². The molecular weight excluding hydrogens is 354 g/mol. The summed E-state index contributed by atoms with van der Waals surface area (Å²) in [5.74, 6) is 0.313. The lowest BCUT2D eigenvalue weighted by Gasteiger charge is -2.19. The zero-order chi connectivity index (χ0) is 20.7. The Hall–Kier alpha value is -2.22. The van der Waals surface area contributed by atoms with Crippen molar-refractivity contribution in [3.63, 3.8) is 0 Å². The maximum absolute atomic E-state index is 12.6. The van der Waals surface area contributed by atoms with Gasteiger partial charge in [-0.3, -0.25) is 4.79 Å². The third-order valence-corrected chi connectivity index (χ3v) is 4.55. The third kappa shape index (κ3) is 6.44. The fourth-order valence-corrected chi connectivity index (χ4v) is 3.04. The molecule has 0 radical (unpaired) electrons. The molecule has 154 valence electrons. The molecule has 7 nitrogen and oxygen atoms in total. The lowest BCUT2D eigenvalue weighted by Crippen LogP contribution is -2.39. The maximum atomic E-state index is 12.6. The number of benzene rings is 1. The van der Waals surface area contributed by atoms with Crippen LogP contribution >= 0.6 is 0 Å². The first kappa shape index (κ1) is 22.1. The number of hydrogen-bond donors (Lipinski definition) is 5. The largest absolute Gasteiger partial charge is 0.392 e. The van der Waals surface area contributed by atoms with Gasteiger partial charge in [0.2, 0.25) is 0 Å². The van der Waals surface area contributed by atoms with Crippen molar-refractivity contribution in [3.05, 3.63) is 35.4 Å². The lowest BCUT2D eigenvalue weighted by molar-refractivity contribution is 0.0942. The van der Waals surface area contributed by atoms with Gasteiger partial charge in [-0.25, -0.2) is 4.98 Å². The van der Waals surface area contributed by atoms with Crippen LogP contribution in [-0.4, -0.2) is 47.4 Å². The van der Waals surface area contributed by atoms with E-state index in [2.05, 4.69) is 27.9 Å². The van der Waals surface area contributed by atoms with Crippen LogP contribution in [0.5, 0.6) is 0 Å². The predicted octanol–water partition coefficient (Wildman–Crippen LogP) is 2.13. The minimum atomic E-state index is -0.442. The molecule has 1 amide bonds. The molecule has 0 spiro atoms. The van der Waals surface area contributed by atoms with Crippen LogP contribution in [0.25, 0.3) is 10.9 Å². The minimum absolute atomic E-state index is 0.243. The fourth-order valence-electron chi connectivity index (χ4n) is 3.04. The number of carbonyl (C=O) groups excluding carboxylic acids is 1. The Balaban J connectivity index is 2.18. The number of aliphatic hydroxyl groups is 1. The van der Waals surface area contributed by atoms with Crippen LogP contribution in [0.4, 0.5) is 5.82 Å². The highest BCUT2D eigenvalue weighted by atomic mass is 16.3. The van der Waals surface area contributed by atoms with Crippen molar-refractivity contribution in [1.82, 2.24) is 15.6 Å². The molecule has 6 N–H and O–H groups in total. The van der Waals surface area contributed by atoms with Gasteiger partial charge in [0.05, 0.1) is 23.3 Å². The second-order valence-electron chi connectivity index (χ2n) is 7.42. The minimum Gasteiger partial charge on any atom is -0.392 e. The van der Waals surface area contributed by atoms with E-state index in [1.54, 1.807) is 13.8 Å². The first-order valence-corrected chi connectivity index (χ1v) is 9.93. The summed E-state index contributed by atoms with van der Waals surface area (Å²) >= 11 is 0. The molecule has 1 aromatic heterocycles. The van der Waals surface area contributed by atoms with E-state index < -0.39 is 6.17 Å². The predicted molar refractivity (Wildman–Crippen MR) is 114 cm³/mol. The molecule has 0 fully saturated rings. The quantitative estimate of drug-likeness (QED) is 0.399. The smallest absolute Gasteiger partial charge is 0.256 e. The molecule has 1 aromatic carbocycles. The van der Waals surface area contributed by atoms with Gasteiger partial charge in [-0.15, -0.1) is 0 Å². The molecule has 2 rings (SSSR count). The van der Waals surface area contributed by atoms with Crippen LogP contribution in [0.1, 0.15) is 49.5 Å². The van der Waals surface area contributed by atoms with Gasteiger partial charge in [0.15, 0.2) is 0 Å². The van der Waals surface area contributed by atoms with Crippen LogP contribution in [-0.2, 0) is 0 Å². The maximum Gasteiger partial charge on any atom is 0.256 e. The number of carbonyl (C=O) groups is 1. The van der Waals surface area contributed by atoms with Crippen LogP contribution < -0.4 is 21.7 Å². The highest BCUT2D eigenvalue weighted by Gasteiger charge is 2.16. The van der Waals surface area contributed by atoms with Crippen molar-refractivity contribution < 1.29 is 9.90 Å². The average Bonchev–Trinajstić information content (AvgIpc) is 2.63. The van der Waals surface area contributed by atoms with Crippen LogP contribution in [0, 0.1) is 6.92 Å². The number of hydrogen-bond acceptors (Lipinski definition) is 6. The number of nitrogens with zero attached hydrogens (tertiary/aromatic N) is 1. The summed E-state index contributed by atoms with van der Waals surface area (Å²) in [7, 11) is 0. The summed E-state index contributed by atoms with van der Waals surface area (Å²) in [4.78, 5) is 17.3. The number of fused-ring (bicyclic) bond motifs is 1. The molecule has 0 saturated heterocycles. The number of aliphatic hydroxyl groups excluding tert-OH is 1. The van der Waals surface area contributed by atoms with Gasteiger partial charge in [-0.05, 0) is 51.8 Å². The molecule has 3 atom stereocenters. The van der Waals surface area contributed by atoms with Crippen molar-refractivity contribution in [2.75, 3.05) is 18.4 Å². The second-order valence-corrected chi connectivity index (χ2v) is 7.42. The van der Waals surface area contributed by atoms with E-state index in [-0.39, 0.29) is 18.1 Å². The van der Waals surface area contributed by atoms with Gasteiger partial charge in [0, 0.05) is 24.5 Å². The Bertz CT molecular complexity index is 792. The van der Waals surface area contributed by atoms with E-state index in [1.807, 2.05) is 31.2 Å². The number of nitrogens with one attached hydrogen (secondary N) is 3.